The maximum Gasteiger partial charge on any atom is 0.306 e. The SMILES string of the molecule is CCCCCC/C=C\C/C=C\CCCCCCCCCC(=O)OC(COC(=O)CCCCCCCCCCCC)COC(=O)CCCCCCCCCCC/C=C\C/C=C\CCCCCCC. The molecule has 0 heterocycles. The number of allylic oxidation sites excluding steroid dienone is 8. The maximum absolute atomic E-state index is 12.8. The minimum Gasteiger partial charge on any atom is -0.462 e. The fourth-order valence-electron chi connectivity index (χ4n) is 8.39. The summed E-state index contributed by atoms with van der Waals surface area (Å²) in [5, 5.41) is 0. The van der Waals surface area contributed by atoms with Gasteiger partial charge in [-0.1, -0.05) is 249 Å². The first-order valence-corrected chi connectivity index (χ1v) is 29.1. The maximum atomic E-state index is 12.8. The van der Waals surface area contributed by atoms with Crippen LogP contribution in [0, 0.1) is 0 Å². The lowest BCUT2D eigenvalue weighted by atomic mass is 10.1. The van der Waals surface area contributed by atoms with Crippen molar-refractivity contribution in [2.24, 2.45) is 0 Å². The van der Waals surface area contributed by atoms with Crippen molar-refractivity contribution < 1.29 is 28.6 Å². The summed E-state index contributed by atoms with van der Waals surface area (Å²) in [7, 11) is 0. The van der Waals surface area contributed by atoms with Gasteiger partial charge in [-0.05, 0) is 83.5 Å². The Morgan fingerprint density at radius 1 is 0.299 bits per heavy atom. The van der Waals surface area contributed by atoms with Crippen LogP contribution in [0.1, 0.15) is 303 Å². The van der Waals surface area contributed by atoms with Gasteiger partial charge in [-0.3, -0.25) is 14.4 Å². The van der Waals surface area contributed by atoms with Crippen LogP contribution in [-0.2, 0) is 28.6 Å². The monoisotopic (exact) mass is 939 g/mol. The van der Waals surface area contributed by atoms with E-state index in [4.69, 9.17) is 14.2 Å². The lowest BCUT2D eigenvalue weighted by molar-refractivity contribution is -0.167. The Morgan fingerprint density at radius 2 is 0.537 bits per heavy atom. The molecule has 6 heteroatoms. The molecule has 1 atom stereocenters. The Labute approximate surface area is 416 Å². The van der Waals surface area contributed by atoms with Gasteiger partial charge in [0.2, 0.25) is 0 Å². The van der Waals surface area contributed by atoms with Crippen LogP contribution in [0.4, 0.5) is 0 Å². The minimum atomic E-state index is -0.776. The summed E-state index contributed by atoms with van der Waals surface area (Å²) in [6.45, 7) is 6.62. The molecule has 0 radical (unpaired) electrons. The third-order valence-corrected chi connectivity index (χ3v) is 12.8. The lowest BCUT2D eigenvalue weighted by Gasteiger charge is -2.18. The quantitative estimate of drug-likeness (QED) is 0.0262. The van der Waals surface area contributed by atoms with Gasteiger partial charge in [-0.2, -0.15) is 0 Å². The van der Waals surface area contributed by atoms with Gasteiger partial charge in [-0.25, -0.2) is 0 Å². The summed E-state index contributed by atoms with van der Waals surface area (Å²) in [5.74, 6) is -0.876. The number of unbranched alkanes of at least 4 members (excludes halogenated alkanes) is 34. The first-order valence-electron chi connectivity index (χ1n) is 29.1. The third-order valence-electron chi connectivity index (χ3n) is 12.8. The van der Waals surface area contributed by atoms with E-state index < -0.39 is 6.10 Å². The zero-order valence-electron chi connectivity index (χ0n) is 44.7. The van der Waals surface area contributed by atoms with Crippen LogP contribution >= 0.6 is 0 Å². The normalized spacial score (nSPS) is 12.3. The Hall–Kier alpha value is -2.63. The average Bonchev–Trinajstić information content (AvgIpc) is 3.33. The number of hydrogen-bond donors (Lipinski definition) is 0. The summed E-state index contributed by atoms with van der Waals surface area (Å²) in [5.41, 5.74) is 0. The van der Waals surface area contributed by atoms with E-state index in [1.54, 1.807) is 0 Å². The second kappa shape index (κ2) is 56.0. The van der Waals surface area contributed by atoms with Crippen molar-refractivity contribution >= 4 is 17.9 Å². The molecule has 67 heavy (non-hydrogen) atoms. The molecule has 0 aromatic heterocycles. The fourth-order valence-corrected chi connectivity index (χ4v) is 8.39. The Bertz CT molecular complexity index is 1170. The number of carbonyl (C=O) groups excluding carboxylic acids is 3. The molecule has 1 unspecified atom stereocenters. The molecule has 0 bridgehead atoms. The Morgan fingerprint density at radius 3 is 0.836 bits per heavy atom. The van der Waals surface area contributed by atoms with Crippen LogP contribution in [0.3, 0.4) is 0 Å². The molecule has 0 amide bonds. The predicted molar refractivity (Wildman–Crippen MR) is 289 cm³/mol. The van der Waals surface area contributed by atoms with Crippen LogP contribution in [0.25, 0.3) is 0 Å². The fraction of sp³-hybridized carbons (Fsp3) is 0.820. The van der Waals surface area contributed by atoms with Crippen molar-refractivity contribution in [1.29, 1.82) is 0 Å². The molecular weight excluding hydrogens is 829 g/mol. The van der Waals surface area contributed by atoms with Crippen LogP contribution in [-0.4, -0.2) is 37.2 Å². The molecule has 0 fully saturated rings. The first kappa shape index (κ1) is 64.4. The molecule has 0 aromatic carbocycles. The van der Waals surface area contributed by atoms with Gasteiger partial charge in [-0.15, -0.1) is 0 Å². The van der Waals surface area contributed by atoms with Gasteiger partial charge >= 0.3 is 17.9 Å². The number of esters is 3. The van der Waals surface area contributed by atoms with Gasteiger partial charge in [0.05, 0.1) is 0 Å². The van der Waals surface area contributed by atoms with E-state index in [0.717, 1.165) is 77.0 Å². The van der Waals surface area contributed by atoms with Crippen molar-refractivity contribution in [3.8, 4) is 0 Å². The van der Waals surface area contributed by atoms with Crippen LogP contribution in [0.5, 0.6) is 0 Å². The van der Waals surface area contributed by atoms with E-state index in [1.807, 2.05) is 0 Å². The topological polar surface area (TPSA) is 78.9 Å². The van der Waals surface area contributed by atoms with Crippen LogP contribution < -0.4 is 0 Å². The predicted octanol–water partition coefficient (Wildman–Crippen LogP) is 19.4. The number of hydrogen-bond acceptors (Lipinski definition) is 6. The molecule has 0 aliphatic heterocycles. The highest BCUT2D eigenvalue weighted by Crippen LogP contribution is 2.16. The summed E-state index contributed by atoms with van der Waals surface area (Å²) >= 11 is 0. The largest absolute Gasteiger partial charge is 0.462 e. The van der Waals surface area contributed by atoms with Crippen molar-refractivity contribution in [3.63, 3.8) is 0 Å². The van der Waals surface area contributed by atoms with E-state index >= 15 is 0 Å². The molecule has 0 saturated carbocycles. The highest BCUT2D eigenvalue weighted by atomic mass is 16.6. The van der Waals surface area contributed by atoms with E-state index in [-0.39, 0.29) is 31.1 Å². The molecule has 0 spiro atoms. The molecule has 0 aromatic rings. The lowest BCUT2D eigenvalue weighted by Crippen LogP contribution is -2.30. The third kappa shape index (κ3) is 54.2. The molecule has 0 aliphatic rings. The van der Waals surface area contributed by atoms with E-state index in [2.05, 4.69) is 69.4 Å². The van der Waals surface area contributed by atoms with E-state index in [0.29, 0.717) is 19.3 Å². The van der Waals surface area contributed by atoms with E-state index in [1.165, 1.54) is 186 Å². The van der Waals surface area contributed by atoms with Crippen molar-refractivity contribution in [1.82, 2.24) is 0 Å². The molecule has 0 rings (SSSR count). The number of carbonyl (C=O) groups is 3. The smallest absolute Gasteiger partial charge is 0.306 e. The average molecular weight is 940 g/mol. The number of ether oxygens (including phenoxy) is 3. The molecule has 0 saturated heterocycles. The van der Waals surface area contributed by atoms with Crippen molar-refractivity contribution in [2.75, 3.05) is 13.2 Å². The second-order valence-electron chi connectivity index (χ2n) is 19.6. The summed E-state index contributed by atoms with van der Waals surface area (Å²) < 4.78 is 16.8. The zero-order chi connectivity index (χ0) is 48.6. The van der Waals surface area contributed by atoms with E-state index in [9.17, 15) is 14.4 Å². The first-order chi connectivity index (χ1) is 33.0. The highest BCUT2D eigenvalue weighted by molar-refractivity contribution is 5.71. The minimum absolute atomic E-state index is 0.0751. The highest BCUT2D eigenvalue weighted by Gasteiger charge is 2.19. The second-order valence-corrected chi connectivity index (χ2v) is 19.6. The van der Waals surface area contributed by atoms with Gasteiger partial charge in [0, 0.05) is 19.3 Å². The molecule has 0 N–H and O–H groups in total. The molecule has 0 aliphatic carbocycles. The summed E-state index contributed by atoms with van der Waals surface area (Å²) in [6.07, 6.45) is 68.2. The number of rotatable bonds is 53. The van der Waals surface area contributed by atoms with Gasteiger partial charge in [0.1, 0.15) is 13.2 Å². The molecule has 6 nitrogen and oxygen atoms in total. The summed E-state index contributed by atoms with van der Waals surface area (Å²) in [4.78, 5) is 38.1. The van der Waals surface area contributed by atoms with Gasteiger partial charge in [0.25, 0.3) is 0 Å². The molecule has 390 valence electrons. The van der Waals surface area contributed by atoms with Crippen LogP contribution in [0.15, 0.2) is 48.6 Å². The van der Waals surface area contributed by atoms with Gasteiger partial charge < -0.3 is 14.2 Å². The summed E-state index contributed by atoms with van der Waals surface area (Å²) in [6, 6.07) is 0. The standard InChI is InChI=1S/C61H110O6/c1-4-7-10-13-16-19-22-24-26-28-30-31-32-34-35-37-39-42-45-48-51-54-60(63)66-57-58(56-65-59(62)53-50-47-44-41-21-18-15-12-9-6-3)67-61(64)55-52-49-46-43-40-38-36-33-29-27-25-23-20-17-14-11-8-5-2/h20,22-24,27-30,58H,4-19,21,25-26,31-57H2,1-3H3/b23-20-,24-22-,29-27-,30-28-. The molecular formula is C61H110O6. The van der Waals surface area contributed by atoms with Gasteiger partial charge in [0.15, 0.2) is 6.10 Å². The Balaban J connectivity index is 4.29. The Kier molecular flexibility index (Phi) is 53.8. The van der Waals surface area contributed by atoms with Crippen molar-refractivity contribution in [3.05, 3.63) is 48.6 Å². The van der Waals surface area contributed by atoms with Crippen LogP contribution in [0.2, 0.25) is 0 Å². The zero-order valence-corrected chi connectivity index (χ0v) is 44.7. The van der Waals surface area contributed by atoms with Crippen molar-refractivity contribution in [2.45, 2.75) is 309 Å².